The van der Waals surface area contributed by atoms with Gasteiger partial charge in [0.05, 0.1) is 33.6 Å². The summed E-state index contributed by atoms with van der Waals surface area (Å²) in [6, 6.07) is 9.98. The standard InChI is InChI=1S/C28H22N2O15/c1-41-23-17(44-27(35)13-4-8-15(9-5-13)30(39)40)10-16-19(21(23)32)24-25(45-28(16)36)22(33)20(31)18(43-24)11-42-26(34)12-2-6-14(7-3-12)29(37)38/h2-10,18,20,22,24-25,31-33H,11H2,1H3/t18-,20-,22+,24+,25-/m1/s1. The lowest BCUT2D eigenvalue weighted by molar-refractivity contribution is -0.385. The molecule has 2 aliphatic rings. The van der Waals surface area contributed by atoms with Crippen LogP contribution in [0.15, 0.2) is 54.6 Å². The summed E-state index contributed by atoms with van der Waals surface area (Å²) in [5.41, 5.74) is -1.24. The van der Waals surface area contributed by atoms with Crippen LogP contribution in [0.4, 0.5) is 11.4 Å². The molecule has 1 fully saturated rings. The van der Waals surface area contributed by atoms with E-state index in [9.17, 15) is 49.9 Å². The Labute approximate surface area is 251 Å². The maximum absolute atomic E-state index is 12.9. The van der Waals surface area contributed by atoms with Crippen molar-refractivity contribution < 1.29 is 63.2 Å². The molecule has 2 aliphatic heterocycles. The number of aromatic hydroxyl groups is 1. The van der Waals surface area contributed by atoms with Gasteiger partial charge in [-0.05, 0) is 30.3 Å². The Balaban J connectivity index is 1.39. The predicted molar refractivity (Wildman–Crippen MR) is 145 cm³/mol. The molecule has 0 unspecified atom stereocenters. The van der Waals surface area contributed by atoms with E-state index in [4.69, 9.17) is 23.7 Å². The summed E-state index contributed by atoms with van der Waals surface area (Å²) in [6.45, 7) is -0.622. The third kappa shape index (κ3) is 5.81. The summed E-state index contributed by atoms with van der Waals surface area (Å²) in [7, 11) is 1.13. The van der Waals surface area contributed by atoms with Crippen LogP contribution in [0, 0.1) is 20.2 Å². The highest BCUT2D eigenvalue weighted by Gasteiger charge is 2.52. The molecule has 0 bridgehead atoms. The number of aliphatic hydroxyl groups is 2. The lowest BCUT2D eigenvalue weighted by atomic mass is 9.86. The smallest absolute Gasteiger partial charge is 0.343 e. The number of hydrogen-bond donors (Lipinski definition) is 3. The van der Waals surface area contributed by atoms with Gasteiger partial charge in [-0.3, -0.25) is 20.2 Å². The molecule has 0 saturated carbocycles. The molecule has 1 saturated heterocycles. The first-order chi connectivity index (χ1) is 21.4. The van der Waals surface area contributed by atoms with Crippen molar-refractivity contribution in [3.63, 3.8) is 0 Å². The van der Waals surface area contributed by atoms with Gasteiger partial charge >= 0.3 is 17.9 Å². The monoisotopic (exact) mass is 626 g/mol. The van der Waals surface area contributed by atoms with Gasteiger partial charge in [-0.2, -0.15) is 0 Å². The Bertz CT molecular complexity index is 1690. The van der Waals surface area contributed by atoms with Crippen molar-refractivity contribution in [1.29, 1.82) is 0 Å². The van der Waals surface area contributed by atoms with E-state index in [0.717, 1.165) is 61.7 Å². The summed E-state index contributed by atoms with van der Waals surface area (Å²) in [5.74, 6) is -4.56. The van der Waals surface area contributed by atoms with Gasteiger partial charge in [-0.15, -0.1) is 0 Å². The first-order valence-electron chi connectivity index (χ1n) is 13.0. The molecular weight excluding hydrogens is 604 g/mol. The average Bonchev–Trinajstić information content (AvgIpc) is 3.02. The minimum absolute atomic E-state index is 0.0422. The highest BCUT2D eigenvalue weighted by atomic mass is 16.6. The normalized spacial score (nSPS) is 21.8. The fourth-order valence-electron chi connectivity index (χ4n) is 4.84. The summed E-state index contributed by atoms with van der Waals surface area (Å²) in [6.07, 6.45) is -7.85. The highest BCUT2D eigenvalue weighted by Crippen LogP contribution is 2.50. The summed E-state index contributed by atoms with van der Waals surface area (Å²) in [4.78, 5) is 58.6. The van der Waals surface area contributed by atoms with Crippen LogP contribution in [0.1, 0.15) is 42.7 Å². The Morgan fingerprint density at radius 2 is 1.47 bits per heavy atom. The molecule has 17 heteroatoms. The molecule has 0 aliphatic carbocycles. The third-order valence-electron chi connectivity index (χ3n) is 7.11. The number of esters is 3. The second-order valence-corrected chi connectivity index (χ2v) is 9.76. The zero-order valence-electron chi connectivity index (χ0n) is 22.9. The number of ether oxygens (including phenoxy) is 5. The number of nitrogens with zero attached hydrogens (tertiary/aromatic N) is 2. The summed E-state index contributed by atoms with van der Waals surface area (Å²) < 4.78 is 26.9. The first kappa shape index (κ1) is 30.8. The topological polar surface area (TPSA) is 244 Å². The molecule has 3 N–H and O–H groups in total. The van der Waals surface area contributed by atoms with Crippen LogP contribution in [0.25, 0.3) is 0 Å². The molecule has 17 nitrogen and oxygen atoms in total. The van der Waals surface area contributed by atoms with Gasteiger partial charge in [-0.25, -0.2) is 14.4 Å². The quantitative estimate of drug-likeness (QED) is 0.140. The SMILES string of the molecule is COc1c(OC(=O)c2ccc([N+](=O)[O-])cc2)cc2c(c1O)[C@@H]1O[C@H](COC(=O)c3ccc([N+](=O)[O-])cc3)[C@@H](O)[C@H](O)[C@H]1OC2=O. The average molecular weight is 626 g/mol. The van der Waals surface area contributed by atoms with E-state index < -0.39 is 82.1 Å². The summed E-state index contributed by atoms with van der Waals surface area (Å²) >= 11 is 0. The lowest BCUT2D eigenvalue weighted by Gasteiger charge is -2.44. The molecule has 5 rings (SSSR count). The Hall–Kier alpha value is -5.65. The van der Waals surface area contributed by atoms with Crippen LogP contribution in [0.2, 0.25) is 0 Å². The molecule has 0 amide bonds. The first-order valence-corrected chi connectivity index (χ1v) is 13.0. The fraction of sp³-hybridized carbons (Fsp3) is 0.250. The number of phenolic OH excluding ortho intramolecular Hbond substituents is 1. The van der Waals surface area contributed by atoms with Crippen molar-refractivity contribution >= 4 is 29.3 Å². The van der Waals surface area contributed by atoms with Crippen molar-refractivity contribution in [2.75, 3.05) is 13.7 Å². The number of benzene rings is 3. The number of nitro benzene ring substituents is 2. The van der Waals surface area contributed by atoms with Crippen LogP contribution in [0.5, 0.6) is 17.2 Å². The molecule has 3 aromatic rings. The number of non-ortho nitro benzene ring substituents is 2. The largest absolute Gasteiger partial charge is 0.504 e. The molecule has 234 valence electrons. The van der Waals surface area contributed by atoms with E-state index in [1.165, 1.54) is 0 Å². The van der Waals surface area contributed by atoms with E-state index in [0.29, 0.717) is 0 Å². The van der Waals surface area contributed by atoms with Gasteiger partial charge in [0.1, 0.15) is 31.0 Å². The van der Waals surface area contributed by atoms with E-state index in [2.05, 4.69) is 0 Å². The summed E-state index contributed by atoms with van der Waals surface area (Å²) in [5, 5.41) is 54.3. The van der Waals surface area contributed by atoms with Crippen molar-refractivity contribution in [1.82, 2.24) is 0 Å². The number of hydrogen-bond acceptors (Lipinski definition) is 15. The Morgan fingerprint density at radius 1 is 0.911 bits per heavy atom. The minimum atomic E-state index is -1.77. The van der Waals surface area contributed by atoms with Crippen LogP contribution in [-0.4, -0.2) is 81.2 Å². The van der Waals surface area contributed by atoms with E-state index in [1.807, 2.05) is 0 Å². The number of fused-ring (bicyclic) bond motifs is 3. The maximum Gasteiger partial charge on any atom is 0.343 e. The van der Waals surface area contributed by atoms with Crippen molar-refractivity contribution in [2.24, 2.45) is 0 Å². The number of aliphatic hydroxyl groups excluding tert-OH is 2. The third-order valence-corrected chi connectivity index (χ3v) is 7.11. The number of phenols is 1. The van der Waals surface area contributed by atoms with Crippen LogP contribution >= 0.6 is 0 Å². The molecule has 45 heavy (non-hydrogen) atoms. The van der Waals surface area contributed by atoms with Crippen LogP contribution < -0.4 is 9.47 Å². The van der Waals surface area contributed by atoms with Crippen LogP contribution in [0.3, 0.4) is 0 Å². The van der Waals surface area contributed by atoms with Crippen molar-refractivity contribution in [2.45, 2.75) is 30.5 Å². The fourth-order valence-corrected chi connectivity index (χ4v) is 4.84. The molecular formula is C28H22N2O15. The maximum atomic E-state index is 12.9. The molecule has 2 heterocycles. The lowest BCUT2D eigenvalue weighted by Crippen LogP contribution is -2.58. The zero-order valence-corrected chi connectivity index (χ0v) is 22.9. The van der Waals surface area contributed by atoms with Crippen molar-refractivity contribution in [3.8, 4) is 17.2 Å². The van der Waals surface area contributed by atoms with Gasteiger partial charge in [0.15, 0.2) is 17.6 Å². The molecule has 0 radical (unpaired) electrons. The molecule has 5 atom stereocenters. The molecule has 0 spiro atoms. The minimum Gasteiger partial charge on any atom is -0.504 e. The zero-order chi connectivity index (χ0) is 32.6. The van der Waals surface area contributed by atoms with Gasteiger partial charge in [0, 0.05) is 29.8 Å². The predicted octanol–water partition coefficient (Wildman–Crippen LogP) is 1.99. The van der Waals surface area contributed by atoms with Crippen molar-refractivity contribution in [3.05, 3.63) is 97.1 Å². The highest BCUT2D eigenvalue weighted by molar-refractivity contribution is 5.96. The number of carbonyl (C=O) groups excluding carboxylic acids is 3. The second kappa shape index (κ2) is 12.2. The van der Waals surface area contributed by atoms with E-state index >= 15 is 0 Å². The van der Waals surface area contributed by atoms with E-state index in [1.54, 1.807) is 0 Å². The van der Waals surface area contributed by atoms with E-state index in [-0.39, 0.29) is 33.6 Å². The molecule has 0 aromatic heterocycles. The van der Waals surface area contributed by atoms with Gasteiger partial charge in [-0.1, -0.05) is 0 Å². The Morgan fingerprint density at radius 3 is 2.00 bits per heavy atom. The second-order valence-electron chi connectivity index (χ2n) is 9.76. The molecule has 3 aromatic carbocycles. The number of nitro groups is 2. The van der Waals surface area contributed by atoms with Gasteiger partial charge < -0.3 is 39.0 Å². The van der Waals surface area contributed by atoms with Gasteiger partial charge in [0.2, 0.25) is 5.75 Å². The number of methoxy groups -OCH3 is 1. The van der Waals surface area contributed by atoms with Gasteiger partial charge in [0.25, 0.3) is 11.4 Å². The Kier molecular flexibility index (Phi) is 8.32. The number of carbonyl (C=O) groups is 3. The van der Waals surface area contributed by atoms with Crippen LogP contribution in [-0.2, 0) is 14.2 Å². The number of rotatable bonds is 8.